The minimum absolute atomic E-state index is 0.170. The van der Waals surface area contributed by atoms with Gasteiger partial charge < -0.3 is 5.32 Å². The van der Waals surface area contributed by atoms with Crippen LogP contribution in [-0.2, 0) is 6.54 Å². The van der Waals surface area contributed by atoms with Gasteiger partial charge in [-0.1, -0.05) is 96.0 Å². The molecule has 3 fully saturated rings. The first-order valence-corrected chi connectivity index (χ1v) is 12.0. The van der Waals surface area contributed by atoms with Crippen LogP contribution in [0, 0.1) is 5.92 Å². The zero-order chi connectivity index (χ0) is 21.2. The van der Waals surface area contributed by atoms with Gasteiger partial charge in [0, 0.05) is 24.5 Å². The maximum atomic E-state index is 6.81. The molecule has 3 aromatic rings. The molecule has 3 aliphatic rings. The van der Waals surface area contributed by atoms with Crippen LogP contribution in [0.15, 0.2) is 78.9 Å². The molecule has 0 saturated carbocycles. The van der Waals surface area contributed by atoms with E-state index in [1.54, 1.807) is 0 Å². The summed E-state index contributed by atoms with van der Waals surface area (Å²) < 4.78 is 0. The van der Waals surface area contributed by atoms with Crippen LogP contribution in [-0.4, -0.2) is 30.1 Å². The summed E-state index contributed by atoms with van der Waals surface area (Å²) >= 11 is 13.3. The van der Waals surface area contributed by atoms with Crippen LogP contribution in [0.1, 0.15) is 35.4 Å². The predicted molar refractivity (Wildman–Crippen MR) is 130 cm³/mol. The topological polar surface area (TPSA) is 15.3 Å². The molecule has 0 aliphatic carbocycles. The first-order valence-electron chi connectivity index (χ1n) is 11.2. The van der Waals surface area contributed by atoms with Gasteiger partial charge in [-0.3, -0.25) is 4.90 Å². The van der Waals surface area contributed by atoms with Crippen molar-refractivity contribution in [3.8, 4) is 0 Å². The van der Waals surface area contributed by atoms with Crippen LogP contribution < -0.4 is 5.32 Å². The number of rotatable bonds is 6. The average molecular weight is 451 g/mol. The molecular formula is C27H28Cl2N2. The van der Waals surface area contributed by atoms with E-state index < -0.39 is 0 Å². The number of halogens is 2. The van der Waals surface area contributed by atoms with Crippen molar-refractivity contribution in [2.75, 3.05) is 13.1 Å². The second-order valence-corrected chi connectivity index (χ2v) is 9.57. The molecule has 160 valence electrons. The Balaban J connectivity index is 1.55. The van der Waals surface area contributed by atoms with Gasteiger partial charge >= 0.3 is 0 Å². The number of nitrogens with zero attached hydrogens (tertiary/aromatic N) is 1. The minimum atomic E-state index is 0.170. The number of nitrogens with one attached hydrogen (secondary N) is 1. The molecule has 4 heteroatoms. The molecule has 0 radical (unpaired) electrons. The quantitative estimate of drug-likeness (QED) is 0.468. The SMILES string of the molecule is Clc1cccc(C(c2ccccc2)C2C(NCc3ccccc3)C3CCN2CC3)c1Cl. The number of fused-ring (bicyclic) bond motifs is 3. The third-order valence-corrected chi connectivity index (χ3v) is 7.91. The van der Waals surface area contributed by atoms with Crippen LogP contribution >= 0.6 is 23.2 Å². The second kappa shape index (κ2) is 9.34. The highest BCUT2D eigenvalue weighted by molar-refractivity contribution is 6.42. The summed E-state index contributed by atoms with van der Waals surface area (Å²) in [4.78, 5) is 2.68. The van der Waals surface area contributed by atoms with E-state index in [1.165, 1.54) is 24.0 Å². The molecule has 3 heterocycles. The molecule has 1 N–H and O–H groups in total. The molecule has 3 aromatic carbocycles. The summed E-state index contributed by atoms with van der Waals surface area (Å²) in [6.45, 7) is 3.19. The summed E-state index contributed by atoms with van der Waals surface area (Å²) in [6, 6.07) is 28.3. The summed E-state index contributed by atoms with van der Waals surface area (Å²) in [5.74, 6) is 0.853. The Morgan fingerprint density at radius 2 is 1.52 bits per heavy atom. The lowest BCUT2D eigenvalue weighted by Gasteiger charge is -2.54. The molecule has 3 aliphatic heterocycles. The van der Waals surface area contributed by atoms with Crippen LogP contribution in [0.2, 0.25) is 10.0 Å². The summed E-state index contributed by atoms with van der Waals surface area (Å²) in [7, 11) is 0. The van der Waals surface area contributed by atoms with Crippen LogP contribution in [0.4, 0.5) is 0 Å². The molecule has 3 atom stereocenters. The first-order chi connectivity index (χ1) is 15.2. The molecular weight excluding hydrogens is 423 g/mol. The lowest BCUT2D eigenvalue weighted by Crippen LogP contribution is -2.64. The van der Waals surface area contributed by atoms with E-state index in [-0.39, 0.29) is 5.92 Å². The van der Waals surface area contributed by atoms with Crippen molar-refractivity contribution in [2.45, 2.75) is 37.4 Å². The Kier molecular flexibility index (Phi) is 6.34. The average Bonchev–Trinajstić information content (AvgIpc) is 2.83. The molecule has 0 spiro atoms. The minimum Gasteiger partial charge on any atom is -0.308 e. The van der Waals surface area contributed by atoms with Crippen molar-refractivity contribution in [1.29, 1.82) is 0 Å². The van der Waals surface area contributed by atoms with Crippen molar-refractivity contribution in [3.63, 3.8) is 0 Å². The zero-order valence-corrected chi connectivity index (χ0v) is 19.1. The summed E-state index contributed by atoms with van der Waals surface area (Å²) in [6.07, 6.45) is 2.52. The lowest BCUT2D eigenvalue weighted by atomic mass is 9.70. The number of benzene rings is 3. The third-order valence-electron chi connectivity index (χ3n) is 7.07. The van der Waals surface area contributed by atoms with Gasteiger partial charge in [-0.05, 0) is 54.6 Å². The summed E-state index contributed by atoms with van der Waals surface area (Å²) in [5.41, 5.74) is 3.76. The zero-order valence-electron chi connectivity index (χ0n) is 17.6. The Labute approximate surface area is 195 Å². The van der Waals surface area contributed by atoms with Crippen molar-refractivity contribution >= 4 is 23.2 Å². The Bertz CT molecular complexity index is 1000. The van der Waals surface area contributed by atoms with E-state index in [4.69, 9.17) is 23.2 Å². The maximum absolute atomic E-state index is 6.81. The standard InChI is InChI=1S/C27H28Cl2N2/c28-23-13-7-12-22(25(23)29)24(20-10-5-2-6-11-20)27-26(21-14-16-31(27)17-15-21)30-18-19-8-3-1-4-9-19/h1-13,21,24,26-27,30H,14-18H2. The summed E-state index contributed by atoms with van der Waals surface area (Å²) in [5, 5.41) is 5.27. The highest BCUT2D eigenvalue weighted by atomic mass is 35.5. The third kappa shape index (κ3) is 4.27. The van der Waals surface area contributed by atoms with Gasteiger partial charge in [0.05, 0.1) is 10.0 Å². The van der Waals surface area contributed by atoms with Gasteiger partial charge in [0.1, 0.15) is 0 Å². The van der Waals surface area contributed by atoms with Crippen LogP contribution in [0.25, 0.3) is 0 Å². The van der Waals surface area contributed by atoms with E-state index in [0.717, 1.165) is 25.2 Å². The number of hydrogen-bond acceptors (Lipinski definition) is 2. The normalized spacial score (nSPS) is 26.0. The van der Waals surface area contributed by atoms with Gasteiger partial charge in [-0.25, -0.2) is 0 Å². The Morgan fingerprint density at radius 3 is 2.23 bits per heavy atom. The van der Waals surface area contributed by atoms with E-state index in [0.29, 0.717) is 28.0 Å². The Morgan fingerprint density at radius 1 is 0.839 bits per heavy atom. The molecule has 0 amide bonds. The predicted octanol–water partition coefficient (Wildman–Crippen LogP) is 6.38. The van der Waals surface area contributed by atoms with Crippen molar-refractivity contribution < 1.29 is 0 Å². The molecule has 2 nitrogen and oxygen atoms in total. The van der Waals surface area contributed by atoms with Crippen molar-refractivity contribution in [2.24, 2.45) is 5.92 Å². The van der Waals surface area contributed by atoms with E-state index in [2.05, 4.69) is 76.9 Å². The fourth-order valence-corrected chi connectivity index (χ4v) is 6.03. The molecule has 31 heavy (non-hydrogen) atoms. The van der Waals surface area contributed by atoms with E-state index >= 15 is 0 Å². The van der Waals surface area contributed by atoms with Crippen LogP contribution in [0.3, 0.4) is 0 Å². The first kappa shape index (κ1) is 21.0. The number of hydrogen-bond donors (Lipinski definition) is 1. The van der Waals surface area contributed by atoms with Crippen LogP contribution in [0.5, 0.6) is 0 Å². The van der Waals surface area contributed by atoms with Crippen molar-refractivity contribution in [3.05, 3.63) is 106 Å². The van der Waals surface area contributed by atoms with Crippen molar-refractivity contribution in [1.82, 2.24) is 10.2 Å². The molecule has 3 unspecified atom stereocenters. The highest BCUT2D eigenvalue weighted by Gasteiger charge is 2.46. The maximum Gasteiger partial charge on any atom is 0.0631 e. The number of piperidine rings is 3. The lowest BCUT2D eigenvalue weighted by molar-refractivity contribution is 0.00469. The van der Waals surface area contributed by atoms with Gasteiger partial charge in [-0.2, -0.15) is 0 Å². The largest absolute Gasteiger partial charge is 0.308 e. The smallest absolute Gasteiger partial charge is 0.0631 e. The molecule has 6 rings (SSSR count). The van der Waals surface area contributed by atoms with E-state index in [1.807, 2.05) is 12.1 Å². The fourth-order valence-electron chi connectivity index (χ4n) is 5.60. The fraction of sp³-hybridized carbons (Fsp3) is 0.333. The molecule has 2 bridgehead atoms. The molecule has 3 saturated heterocycles. The highest BCUT2D eigenvalue weighted by Crippen LogP contribution is 2.44. The van der Waals surface area contributed by atoms with Gasteiger partial charge in [0.2, 0.25) is 0 Å². The molecule has 0 aromatic heterocycles. The van der Waals surface area contributed by atoms with Gasteiger partial charge in [0.15, 0.2) is 0 Å². The Hall–Kier alpha value is -1.84. The van der Waals surface area contributed by atoms with Gasteiger partial charge in [0.25, 0.3) is 0 Å². The second-order valence-electron chi connectivity index (χ2n) is 8.79. The monoisotopic (exact) mass is 450 g/mol. The van der Waals surface area contributed by atoms with E-state index in [9.17, 15) is 0 Å². The van der Waals surface area contributed by atoms with Gasteiger partial charge in [-0.15, -0.1) is 0 Å².